The summed E-state index contributed by atoms with van der Waals surface area (Å²) in [4.78, 5) is 12.5. The maximum atomic E-state index is 10.3. The van der Waals surface area contributed by atoms with Crippen LogP contribution in [0.5, 0.6) is 0 Å². The molecule has 1 atom stereocenters. The summed E-state index contributed by atoms with van der Waals surface area (Å²) < 4.78 is 0. The first kappa shape index (κ1) is 13.8. The minimum Gasteiger partial charge on any atom is -0.481 e. The molecule has 0 aromatic heterocycles. The second-order valence-electron chi connectivity index (χ2n) is 3.61. The molecule has 0 saturated heterocycles. The van der Waals surface area contributed by atoms with Crippen molar-refractivity contribution in [3.05, 3.63) is 0 Å². The van der Waals surface area contributed by atoms with Crippen molar-refractivity contribution in [1.82, 2.24) is 4.90 Å². The molecule has 0 bridgehead atoms. The summed E-state index contributed by atoms with van der Waals surface area (Å²) in [7, 11) is 2.06. The van der Waals surface area contributed by atoms with Gasteiger partial charge in [0.1, 0.15) is 0 Å². The minimum atomic E-state index is -0.699. The van der Waals surface area contributed by atoms with Crippen LogP contribution in [-0.2, 0) is 4.79 Å². The maximum Gasteiger partial charge on any atom is 0.303 e. The van der Waals surface area contributed by atoms with E-state index in [9.17, 15) is 4.79 Å². The van der Waals surface area contributed by atoms with Crippen LogP contribution in [0.4, 0.5) is 0 Å². The van der Waals surface area contributed by atoms with E-state index in [4.69, 9.17) is 5.11 Å². The molecule has 0 aliphatic rings. The van der Waals surface area contributed by atoms with Crippen LogP contribution >= 0.6 is 11.8 Å². The average molecular weight is 219 g/mol. The Morgan fingerprint density at radius 1 is 1.57 bits per heavy atom. The highest BCUT2D eigenvalue weighted by atomic mass is 32.2. The molecule has 0 heterocycles. The van der Waals surface area contributed by atoms with E-state index in [1.807, 2.05) is 11.8 Å². The van der Waals surface area contributed by atoms with Crippen LogP contribution < -0.4 is 0 Å². The predicted octanol–water partition coefficient (Wildman–Crippen LogP) is 1.92. The number of hydrogen-bond acceptors (Lipinski definition) is 3. The van der Waals surface area contributed by atoms with Gasteiger partial charge in [-0.2, -0.15) is 11.8 Å². The Morgan fingerprint density at radius 3 is 2.71 bits per heavy atom. The van der Waals surface area contributed by atoms with Gasteiger partial charge < -0.3 is 10.0 Å². The van der Waals surface area contributed by atoms with E-state index in [0.29, 0.717) is 6.04 Å². The van der Waals surface area contributed by atoms with Crippen LogP contribution in [0.3, 0.4) is 0 Å². The van der Waals surface area contributed by atoms with Gasteiger partial charge in [0.2, 0.25) is 0 Å². The lowest BCUT2D eigenvalue weighted by atomic mass is 10.2. The van der Waals surface area contributed by atoms with Gasteiger partial charge in [0.15, 0.2) is 0 Å². The molecule has 0 aromatic rings. The van der Waals surface area contributed by atoms with E-state index in [-0.39, 0.29) is 6.42 Å². The van der Waals surface area contributed by atoms with Crippen molar-refractivity contribution in [2.24, 2.45) is 0 Å². The lowest BCUT2D eigenvalue weighted by Gasteiger charge is -2.24. The van der Waals surface area contributed by atoms with Gasteiger partial charge in [-0.25, -0.2) is 0 Å². The van der Waals surface area contributed by atoms with Crippen LogP contribution in [0, 0.1) is 0 Å². The second-order valence-corrected chi connectivity index (χ2v) is 4.59. The number of thioether (sulfide) groups is 1. The number of hydrogen-bond donors (Lipinski definition) is 1. The lowest BCUT2D eigenvalue weighted by molar-refractivity contribution is -0.137. The molecule has 0 aromatic carbocycles. The van der Waals surface area contributed by atoms with Crippen molar-refractivity contribution in [3.63, 3.8) is 0 Å². The molecule has 84 valence electrons. The van der Waals surface area contributed by atoms with E-state index < -0.39 is 5.97 Å². The lowest BCUT2D eigenvalue weighted by Crippen LogP contribution is -2.30. The topological polar surface area (TPSA) is 40.5 Å². The molecule has 1 N–H and O–H groups in total. The molecule has 1 unspecified atom stereocenters. The van der Waals surface area contributed by atoms with Crippen LogP contribution in [0.25, 0.3) is 0 Å². The van der Waals surface area contributed by atoms with E-state index in [2.05, 4.69) is 25.1 Å². The van der Waals surface area contributed by atoms with E-state index in [1.54, 1.807) is 0 Å². The zero-order chi connectivity index (χ0) is 11.0. The first-order valence-corrected chi connectivity index (χ1v) is 6.38. The largest absolute Gasteiger partial charge is 0.481 e. The van der Waals surface area contributed by atoms with Crippen LogP contribution in [0.1, 0.15) is 26.2 Å². The summed E-state index contributed by atoms with van der Waals surface area (Å²) in [6, 6.07) is 0.552. The fourth-order valence-electron chi connectivity index (χ4n) is 1.21. The van der Waals surface area contributed by atoms with Gasteiger partial charge in [0.05, 0.1) is 0 Å². The normalized spacial score (nSPS) is 13.1. The number of carbonyl (C=O) groups is 1. The molecule has 0 saturated carbocycles. The van der Waals surface area contributed by atoms with Crippen LogP contribution in [0.15, 0.2) is 0 Å². The third kappa shape index (κ3) is 7.21. The Kier molecular flexibility index (Phi) is 7.99. The fraction of sp³-hybridized carbons (Fsp3) is 0.900. The van der Waals surface area contributed by atoms with Crippen LogP contribution in [-0.4, -0.2) is 47.6 Å². The van der Waals surface area contributed by atoms with Crippen molar-refractivity contribution in [1.29, 1.82) is 0 Å². The summed E-state index contributed by atoms with van der Waals surface area (Å²) in [6.45, 7) is 3.07. The highest BCUT2D eigenvalue weighted by molar-refractivity contribution is 7.98. The molecule has 3 nitrogen and oxygen atoms in total. The Balaban J connectivity index is 3.50. The third-order valence-corrected chi connectivity index (χ3v) is 3.04. The van der Waals surface area contributed by atoms with Crippen molar-refractivity contribution < 1.29 is 9.90 Å². The van der Waals surface area contributed by atoms with E-state index in [0.717, 1.165) is 13.0 Å². The Hall–Kier alpha value is -0.220. The van der Waals surface area contributed by atoms with Gasteiger partial charge in [0.25, 0.3) is 0 Å². The van der Waals surface area contributed by atoms with Gasteiger partial charge in [-0.1, -0.05) is 0 Å². The molecule has 14 heavy (non-hydrogen) atoms. The predicted molar refractivity (Wildman–Crippen MR) is 62.0 cm³/mol. The number of nitrogens with zero attached hydrogens (tertiary/aromatic N) is 1. The summed E-state index contributed by atoms with van der Waals surface area (Å²) in [6.07, 6.45) is 4.30. The molecule has 0 fully saturated rings. The smallest absolute Gasteiger partial charge is 0.303 e. The van der Waals surface area contributed by atoms with Crippen molar-refractivity contribution in [3.8, 4) is 0 Å². The Labute approximate surface area is 90.9 Å². The fourth-order valence-corrected chi connectivity index (χ4v) is 1.79. The molecule has 0 aliphatic heterocycles. The first-order chi connectivity index (χ1) is 6.57. The van der Waals surface area contributed by atoms with E-state index >= 15 is 0 Å². The van der Waals surface area contributed by atoms with Crippen molar-refractivity contribution in [2.75, 3.05) is 25.6 Å². The average Bonchev–Trinajstić information content (AvgIpc) is 2.13. The third-order valence-electron chi connectivity index (χ3n) is 2.39. The minimum absolute atomic E-state index is 0.277. The van der Waals surface area contributed by atoms with Gasteiger partial charge in [-0.15, -0.1) is 0 Å². The number of aliphatic carboxylic acids is 1. The molecular formula is C10H21NO2S. The summed E-state index contributed by atoms with van der Waals surface area (Å²) in [5.74, 6) is 0.472. The summed E-state index contributed by atoms with van der Waals surface area (Å²) in [5.41, 5.74) is 0. The molecule has 0 amide bonds. The van der Waals surface area contributed by atoms with E-state index in [1.165, 1.54) is 12.2 Å². The van der Waals surface area contributed by atoms with Gasteiger partial charge >= 0.3 is 5.97 Å². The van der Waals surface area contributed by atoms with Gasteiger partial charge in [-0.05, 0) is 45.4 Å². The molecule has 0 aliphatic carbocycles. The van der Waals surface area contributed by atoms with Crippen molar-refractivity contribution in [2.45, 2.75) is 32.2 Å². The van der Waals surface area contributed by atoms with Crippen molar-refractivity contribution >= 4 is 17.7 Å². The zero-order valence-electron chi connectivity index (χ0n) is 9.32. The second kappa shape index (κ2) is 8.12. The monoisotopic (exact) mass is 219 g/mol. The molecular weight excluding hydrogens is 198 g/mol. The first-order valence-electron chi connectivity index (χ1n) is 4.99. The van der Waals surface area contributed by atoms with Crippen LogP contribution in [0.2, 0.25) is 0 Å². The maximum absolute atomic E-state index is 10.3. The highest BCUT2D eigenvalue weighted by Crippen LogP contribution is 2.06. The standard InChI is InChI=1S/C10H21NO2S/c1-9(6-8-14-3)11(2)7-4-5-10(12)13/h9H,4-8H2,1-3H3,(H,12,13). The highest BCUT2D eigenvalue weighted by Gasteiger charge is 2.08. The molecule has 0 radical (unpaired) electrons. The quantitative estimate of drug-likeness (QED) is 0.677. The molecule has 0 rings (SSSR count). The summed E-state index contributed by atoms with van der Waals surface area (Å²) >= 11 is 1.86. The Morgan fingerprint density at radius 2 is 2.21 bits per heavy atom. The SMILES string of the molecule is CSCCC(C)N(C)CCCC(=O)O. The zero-order valence-corrected chi connectivity index (χ0v) is 10.1. The number of rotatable bonds is 8. The molecule has 0 spiro atoms. The van der Waals surface area contributed by atoms with Gasteiger partial charge in [-0.3, -0.25) is 4.79 Å². The molecule has 4 heteroatoms. The number of carboxylic acids is 1. The summed E-state index contributed by atoms with van der Waals surface area (Å²) in [5, 5.41) is 8.48. The number of carboxylic acid groups (broad SMARTS) is 1. The van der Waals surface area contributed by atoms with Gasteiger partial charge in [0, 0.05) is 12.5 Å². The Bertz CT molecular complexity index is 164.